The van der Waals surface area contributed by atoms with E-state index in [-0.39, 0.29) is 5.91 Å². The number of H-pyrrole nitrogens is 1. The number of aryl methyl sites for hydroxylation is 1. The predicted octanol–water partition coefficient (Wildman–Crippen LogP) is 1.80. The van der Waals surface area contributed by atoms with Gasteiger partial charge in [0.2, 0.25) is 0 Å². The molecular weight excluding hydrogens is 354 g/mol. The molecule has 0 spiro atoms. The van der Waals surface area contributed by atoms with Crippen LogP contribution in [0.3, 0.4) is 0 Å². The van der Waals surface area contributed by atoms with Gasteiger partial charge in [-0.25, -0.2) is 0 Å². The Bertz CT molecular complexity index is 824. The van der Waals surface area contributed by atoms with Crippen molar-refractivity contribution in [1.29, 1.82) is 0 Å². The molecule has 0 radical (unpaired) electrons. The predicted molar refractivity (Wildman–Crippen MR) is 109 cm³/mol. The van der Waals surface area contributed by atoms with E-state index in [0.717, 1.165) is 61.6 Å². The van der Waals surface area contributed by atoms with Gasteiger partial charge in [-0.05, 0) is 45.5 Å². The molecule has 0 bridgehead atoms. The van der Waals surface area contributed by atoms with E-state index in [0.29, 0.717) is 25.4 Å². The molecule has 1 aliphatic carbocycles. The molecule has 1 saturated heterocycles. The Morgan fingerprint density at radius 1 is 1.18 bits per heavy atom. The van der Waals surface area contributed by atoms with Crippen molar-refractivity contribution in [1.82, 2.24) is 20.0 Å². The molecule has 0 saturated carbocycles. The molecule has 150 valence electrons. The van der Waals surface area contributed by atoms with Crippen molar-refractivity contribution in [3.63, 3.8) is 0 Å². The van der Waals surface area contributed by atoms with Crippen LogP contribution in [0.2, 0.25) is 0 Å². The topological polar surface area (TPSA) is 64.7 Å². The molecule has 1 amide bonds. The molecule has 4 rings (SSSR count). The number of ether oxygens (including phenoxy) is 1. The number of anilines is 1. The minimum absolute atomic E-state index is 0.0644. The number of hydrogen-bond acceptors (Lipinski definition) is 5. The van der Waals surface area contributed by atoms with Crippen LogP contribution in [0.15, 0.2) is 24.3 Å². The highest BCUT2D eigenvalue weighted by atomic mass is 16.5. The lowest BCUT2D eigenvalue weighted by molar-refractivity contribution is 0.0739. The average Bonchev–Trinajstić information content (AvgIpc) is 3.32. The van der Waals surface area contributed by atoms with Crippen molar-refractivity contribution in [3.8, 4) is 5.75 Å². The smallest absolute Gasteiger partial charge is 0.274 e. The molecular formula is C21H29N5O2. The summed E-state index contributed by atoms with van der Waals surface area (Å²) < 4.78 is 6.01. The Morgan fingerprint density at radius 3 is 2.75 bits per heavy atom. The Morgan fingerprint density at radius 2 is 1.96 bits per heavy atom. The standard InChI is InChI=1S/C21H29N5O2/c1-24(2)14-15-28-19-9-4-3-8-18(19)25-10-12-26(13-11-25)21(27)20-16-6-5-7-17(16)22-23-20/h3-4,8-9H,5-7,10-15H2,1-2H3,(H,22,23). The quantitative estimate of drug-likeness (QED) is 0.824. The van der Waals surface area contributed by atoms with Crippen LogP contribution in [-0.2, 0) is 12.8 Å². The van der Waals surface area contributed by atoms with Gasteiger partial charge in [0, 0.05) is 44.0 Å². The molecule has 1 aromatic heterocycles. The molecule has 2 heterocycles. The zero-order chi connectivity index (χ0) is 19.5. The van der Waals surface area contributed by atoms with Gasteiger partial charge in [0.05, 0.1) is 5.69 Å². The fraction of sp³-hybridized carbons (Fsp3) is 0.524. The number of piperazine rings is 1. The number of rotatable bonds is 6. The third-order valence-electron chi connectivity index (χ3n) is 5.58. The van der Waals surface area contributed by atoms with Gasteiger partial charge in [-0.15, -0.1) is 0 Å². The lowest BCUT2D eigenvalue weighted by Crippen LogP contribution is -2.49. The van der Waals surface area contributed by atoms with Crippen molar-refractivity contribution in [2.75, 3.05) is 58.3 Å². The Hall–Kier alpha value is -2.54. The van der Waals surface area contributed by atoms with Gasteiger partial charge in [0.15, 0.2) is 5.69 Å². The van der Waals surface area contributed by atoms with Gasteiger partial charge in [-0.2, -0.15) is 5.10 Å². The molecule has 2 aliphatic rings. The van der Waals surface area contributed by atoms with Crippen molar-refractivity contribution in [2.24, 2.45) is 0 Å². The van der Waals surface area contributed by atoms with Crippen LogP contribution in [-0.4, -0.2) is 79.3 Å². The summed E-state index contributed by atoms with van der Waals surface area (Å²) in [5.41, 5.74) is 4.01. The van der Waals surface area contributed by atoms with E-state index in [1.807, 2.05) is 37.2 Å². The van der Waals surface area contributed by atoms with E-state index in [9.17, 15) is 4.79 Å². The van der Waals surface area contributed by atoms with Crippen molar-refractivity contribution in [2.45, 2.75) is 19.3 Å². The zero-order valence-electron chi connectivity index (χ0n) is 16.8. The highest BCUT2D eigenvalue weighted by Gasteiger charge is 2.29. The van der Waals surface area contributed by atoms with Gasteiger partial charge in [-0.1, -0.05) is 12.1 Å². The third kappa shape index (κ3) is 3.85. The van der Waals surface area contributed by atoms with Crippen LogP contribution in [0, 0.1) is 0 Å². The van der Waals surface area contributed by atoms with E-state index >= 15 is 0 Å². The third-order valence-corrected chi connectivity index (χ3v) is 5.58. The van der Waals surface area contributed by atoms with Gasteiger partial charge in [0.1, 0.15) is 12.4 Å². The van der Waals surface area contributed by atoms with Gasteiger partial charge in [0.25, 0.3) is 5.91 Å². The summed E-state index contributed by atoms with van der Waals surface area (Å²) in [7, 11) is 4.08. The van der Waals surface area contributed by atoms with Crippen LogP contribution in [0.5, 0.6) is 5.75 Å². The number of nitrogens with zero attached hydrogens (tertiary/aromatic N) is 4. The van der Waals surface area contributed by atoms with E-state index in [4.69, 9.17) is 4.74 Å². The fourth-order valence-corrected chi connectivity index (χ4v) is 3.98. The SMILES string of the molecule is CN(C)CCOc1ccccc1N1CCN(C(=O)c2n[nH]c3c2CCC3)CC1. The number of amides is 1. The first-order valence-electron chi connectivity index (χ1n) is 10.1. The molecule has 1 fully saturated rings. The summed E-state index contributed by atoms with van der Waals surface area (Å²) in [6.07, 6.45) is 3.08. The highest BCUT2D eigenvalue weighted by molar-refractivity contribution is 5.94. The maximum absolute atomic E-state index is 12.9. The molecule has 2 aromatic rings. The number of para-hydroxylation sites is 2. The average molecular weight is 383 g/mol. The van der Waals surface area contributed by atoms with Gasteiger partial charge in [-0.3, -0.25) is 9.89 Å². The number of fused-ring (bicyclic) bond motifs is 1. The van der Waals surface area contributed by atoms with Crippen LogP contribution < -0.4 is 9.64 Å². The van der Waals surface area contributed by atoms with E-state index < -0.39 is 0 Å². The lowest BCUT2D eigenvalue weighted by Gasteiger charge is -2.36. The van der Waals surface area contributed by atoms with Crippen LogP contribution in [0.1, 0.15) is 28.2 Å². The molecule has 28 heavy (non-hydrogen) atoms. The maximum atomic E-state index is 12.9. The highest BCUT2D eigenvalue weighted by Crippen LogP contribution is 2.29. The number of carbonyl (C=O) groups is 1. The number of carbonyl (C=O) groups excluding carboxylic acids is 1. The lowest BCUT2D eigenvalue weighted by atomic mass is 10.1. The molecule has 7 heteroatoms. The monoisotopic (exact) mass is 383 g/mol. The Kier molecular flexibility index (Phi) is 5.52. The van der Waals surface area contributed by atoms with E-state index in [1.54, 1.807) is 0 Å². The zero-order valence-corrected chi connectivity index (χ0v) is 16.8. The Labute approximate surface area is 166 Å². The number of hydrogen-bond donors (Lipinski definition) is 1. The summed E-state index contributed by atoms with van der Waals surface area (Å²) >= 11 is 0. The maximum Gasteiger partial charge on any atom is 0.274 e. The number of aromatic amines is 1. The van der Waals surface area contributed by atoms with E-state index in [1.165, 1.54) is 0 Å². The summed E-state index contributed by atoms with van der Waals surface area (Å²) in [4.78, 5) is 19.3. The summed E-state index contributed by atoms with van der Waals surface area (Å²) in [5.74, 6) is 0.976. The molecule has 7 nitrogen and oxygen atoms in total. The van der Waals surface area contributed by atoms with Gasteiger partial charge < -0.3 is 19.4 Å². The second-order valence-electron chi connectivity index (χ2n) is 7.78. The first-order chi connectivity index (χ1) is 13.6. The molecule has 0 atom stereocenters. The first-order valence-corrected chi connectivity index (χ1v) is 10.1. The number of likely N-dealkylation sites (N-methyl/N-ethyl adjacent to an activating group) is 1. The Balaban J connectivity index is 1.38. The molecule has 1 aliphatic heterocycles. The van der Waals surface area contributed by atoms with Crippen molar-refractivity contribution in [3.05, 3.63) is 41.2 Å². The molecule has 0 unspecified atom stereocenters. The van der Waals surface area contributed by atoms with E-state index in [2.05, 4.69) is 26.1 Å². The van der Waals surface area contributed by atoms with Crippen LogP contribution in [0.4, 0.5) is 5.69 Å². The van der Waals surface area contributed by atoms with Crippen LogP contribution >= 0.6 is 0 Å². The van der Waals surface area contributed by atoms with Gasteiger partial charge >= 0.3 is 0 Å². The molecule has 1 N–H and O–H groups in total. The largest absolute Gasteiger partial charge is 0.490 e. The van der Waals surface area contributed by atoms with Crippen molar-refractivity contribution < 1.29 is 9.53 Å². The fourth-order valence-electron chi connectivity index (χ4n) is 3.98. The number of aromatic nitrogens is 2. The second kappa shape index (κ2) is 8.22. The first kappa shape index (κ1) is 18.8. The minimum atomic E-state index is 0.0644. The summed E-state index contributed by atoms with van der Waals surface area (Å²) in [6.45, 7) is 4.54. The normalized spacial score (nSPS) is 16.5. The minimum Gasteiger partial charge on any atom is -0.490 e. The van der Waals surface area contributed by atoms with Crippen LogP contribution in [0.25, 0.3) is 0 Å². The summed E-state index contributed by atoms with van der Waals surface area (Å²) in [5, 5.41) is 7.35. The number of benzene rings is 1. The summed E-state index contributed by atoms with van der Waals surface area (Å²) in [6, 6.07) is 8.17. The second-order valence-corrected chi connectivity index (χ2v) is 7.78. The molecule has 1 aromatic carbocycles. The van der Waals surface area contributed by atoms with Crippen molar-refractivity contribution >= 4 is 11.6 Å². The number of nitrogens with one attached hydrogen (secondary N) is 1.